The van der Waals surface area contributed by atoms with E-state index < -0.39 is 5.91 Å². The van der Waals surface area contributed by atoms with E-state index in [1.807, 2.05) is 49.0 Å². The van der Waals surface area contributed by atoms with Crippen molar-refractivity contribution in [3.63, 3.8) is 0 Å². The first-order valence-corrected chi connectivity index (χ1v) is 7.70. The minimum absolute atomic E-state index is 0.0350. The van der Waals surface area contributed by atoms with Crippen LogP contribution in [0.4, 0.5) is 0 Å². The van der Waals surface area contributed by atoms with Gasteiger partial charge in [0, 0.05) is 13.2 Å². The van der Waals surface area contributed by atoms with Gasteiger partial charge < -0.3 is 10.1 Å². The van der Waals surface area contributed by atoms with E-state index in [1.54, 1.807) is 15.6 Å². The van der Waals surface area contributed by atoms with Crippen LogP contribution in [-0.2, 0) is 18.3 Å². The molecule has 126 valence electrons. The molecule has 0 spiro atoms. The zero-order chi connectivity index (χ0) is 17.6. The Labute approximate surface area is 142 Å². The minimum Gasteiger partial charge on any atom is -0.369 e. The fraction of sp³-hybridized carbons (Fsp3) is 0.188. The third-order valence-corrected chi connectivity index (χ3v) is 3.90. The van der Waals surface area contributed by atoms with Gasteiger partial charge in [-0.15, -0.1) is 5.10 Å². The molecule has 0 atom stereocenters. The molecule has 0 aliphatic rings. The number of aryl methyl sites for hydroxylation is 2. The quantitative estimate of drug-likeness (QED) is 0.588. The van der Waals surface area contributed by atoms with Crippen LogP contribution in [0, 0.1) is 6.92 Å². The van der Waals surface area contributed by atoms with Gasteiger partial charge in [-0.25, -0.2) is 14.6 Å². The highest BCUT2D eigenvalue weighted by Gasteiger charge is 2.20. The van der Waals surface area contributed by atoms with Crippen molar-refractivity contribution in [2.75, 3.05) is 0 Å². The van der Waals surface area contributed by atoms with Gasteiger partial charge in [-0.2, -0.15) is 5.10 Å². The molecule has 4 aromatic heterocycles. The lowest BCUT2D eigenvalue weighted by molar-refractivity contribution is -0.117. The van der Waals surface area contributed by atoms with Crippen LogP contribution in [0.3, 0.4) is 0 Å². The number of nitrogens with two attached hydrogens (primary N) is 1. The van der Waals surface area contributed by atoms with Gasteiger partial charge in [-0.05, 0) is 19.1 Å². The molecule has 0 unspecified atom stereocenters. The smallest absolute Gasteiger partial charge is 0.225 e. The summed E-state index contributed by atoms with van der Waals surface area (Å²) in [5, 5.41) is 8.60. The molecular formula is C16H16N8O. The van der Waals surface area contributed by atoms with E-state index in [1.165, 1.54) is 0 Å². The van der Waals surface area contributed by atoms with E-state index in [2.05, 4.69) is 20.2 Å². The van der Waals surface area contributed by atoms with Crippen molar-refractivity contribution in [1.82, 2.24) is 33.9 Å². The van der Waals surface area contributed by atoms with Crippen molar-refractivity contribution in [1.29, 1.82) is 0 Å². The van der Waals surface area contributed by atoms with Crippen molar-refractivity contribution >= 4 is 11.6 Å². The van der Waals surface area contributed by atoms with Gasteiger partial charge in [0.1, 0.15) is 17.0 Å². The second kappa shape index (κ2) is 5.55. The van der Waals surface area contributed by atoms with E-state index in [4.69, 9.17) is 5.73 Å². The Morgan fingerprint density at radius 2 is 2.12 bits per heavy atom. The summed E-state index contributed by atoms with van der Waals surface area (Å²) in [7, 11) is 1.82. The molecule has 0 saturated carbocycles. The number of carbonyl (C=O) groups excluding carboxylic acids is 1. The molecule has 4 heterocycles. The Balaban J connectivity index is 1.93. The van der Waals surface area contributed by atoms with Crippen LogP contribution < -0.4 is 5.73 Å². The average molecular weight is 336 g/mol. The van der Waals surface area contributed by atoms with Gasteiger partial charge in [0.25, 0.3) is 0 Å². The zero-order valence-corrected chi connectivity index (χ0v) is 13.8. The third kappa shape index (κ3) is 2.55. The topological polar surface area (TPSA) is 109 Å². The van der Waals surface area contributed by atoms with Crippen molar-refractivity contribution in [3.05, 3.63) is 48.3 Å². The largest absolute Gasteiger partial charge is 0.369 e. The fourth-order valence-corrected chi connectivity index (χ4v) is 2.77. The fourth-order valence-electron chi connectivity index (χ4n) is 2.77. The van der Waals surface area contributed by atoms with E-state index >= 15 is 0 Å². The van der Waals surface area contributed by atoms with Crippen molar-refractivity contribution in [2.45, 2.75) is 13.3 Å². The predicted molar refractivity (Wildman–Crippen MR) is 89.9 cm³/mol. The summed E-state index contributed by atoms with van der Waals surface area (Å²) < 4.78 is 5.29. The van der Waals surface area contributed by atoms with Gasteiger partial charge in [0.05, 0.1) is 24.5 Å². The number of hydrogen-bond acceptors (Lipinski definition) is 5. The lowest BCUT2D eigenvalue weighted by atomic mass is 10.3. The van der Waals surface area contributed by atoms with Crippen LogP contribution in [0.5, 0.6) is 0 Å². The number of imidazole rings is 1. The highest BCUT2D eigenvalue weighted by atomic mass is 16.1. The molecule has 9 nitrogen and oxygen atoms in total. The highest BCUT2D eigenvalue weighted by Crippen LogP contribution is 2.24. The summed E-state index contributed by atoms with van der Waals surface area (Å²) >= 11 is 0. The number of primary amides is 1. The van der Waals surface area contributed by atoms with E-state index in [-0.39, 0.29) is 6.42 Å². The Hall–Kier alpha value is -3.49. The monoisotopic (exact) mass is 336 g/mol. The second-order valence-corrected chi connectivity index (χ2v) is 5.75. The van der Waals surface area contributed by atoms with Crippen LogP contribution >= 0.6 is 0 Å². The van der Waals surface area contributed by atoms with Crippen molar-refractivity contribution in [2.24, 2.45) is 12.8 Å². The first-order chi connectivity index (χ1) is 12.0. The van der Waals surface area contributed by atoms with Crippen molar-refractivity contribution < 1.29 is 4.79 Å². The summed E-state index contributed by atoms with van der Waals surface area (Å²) in [5.41, 5.74) is 8.46. The molecule has 2 N–H and O–H groups in total. The zero-order valence-electron chi connectivity index (χ0n) is 13.8. The number of hydrogen-bond donors (Lipinski definition) is 1. The summed E-state index contributed by atoms with van der Waals surface area (Å²) in [4.78, 5) is 20.4. The molecule has 0 saturated heterocycles. The van der Waals surface area contributed by atoms with E-state index in [9.17, 15) is 4.79 Å². The molecule has 4 rings (SSSR count). The second-order valence-electron chi connectivity index (χ2n) is 5.75. The van der Waals surface area contributed by atoms with Crippen LogP contribution in [0.25, 0.3) is 22.9 Å². The summed E-state index contributed by atoms with van der Waals surface area (Å²) in [6.45, 7) is 1.96. The number of pyridine rings is 1. The van der Waals surface area contributed by atoms with Crippen LogP contribution in [0.15, 0.2) is 36.8 Å². The van der Waals surface area contributed by atoms with Crippen molar-refractivity contribution in [3.8, 4) is 17.2 Å². The normalized spacial score (nSPS) is 11.3. The number of carbonyl (C=O) groups is 1. The maximum atomic E-state index is 11.3. The Morgan fingerprint density at radius 3 is 2.80 bits per heavy atom. The minimum atomic E-state index is -0.485. The van der Waals surface area contributed by atoms with Crippen LogP contribution in [-0.4, -0.2) is 39.8 Å². The predicted octanol–water partition coefficient (Wildman–Crippen LogP) is 0.652. The average Bonchev–Trinajstić information content (AvgIpc) is 3.25. The van der Waals surface area contributed by atoms with Gasteiger partial charge in [-0.1, -0.05) is 6.07 Å². The van der Waals surface area contributed by atoms with E-state index in [0.717, 1.165) is 17.0 Å². The number of fused-ring (bicyclic) bond motifs is 1. The number of nitrogens with zero attached hydrogens (tertiary/aromatic N) is 7. The van der Waals surface area contributed by atoms with Crippen LogP contribution in [0.2, 0.25) is 0 Å². The van der Waals surface area contributed by atoms with Gasteiger partial charge in [0.15, 0.2) is 11.6 Å². The molecule has 0 aromatic carbocycles. The first-order valence-electron chi connectivity index (χ1n) is 7.70. The molecule has 0 radical (unpaired) electrons. The molecule has 0 bridgehead atoms. The lowest BCUT2D eigenvalue weighted by Crippen LogP contribution is -2.14. The van der Waals surface area contributed by atoms with Gasteiger partial charge >= 0.3 is 0 Å². The first kappa shape index (κ1) is 15.1. The summed E-state index contributed by atoms with van der Waals surface area (Å²) in [6, 6.07) is 5.79. The van der Waals surface area contributed by atoms with Crippen LogP contribution in [0.1, 0.15) is 11.5 Å². The number of amides is 1. The maximum Gasteiger partial charge on any atom is 0.225 e. The molecule has 1 amide bonds. The standard InChI is InChI=1S/C16H16N8O/c1-10-15(20-14-5-3-4-6-23(10)14)16-19-13(7-12(17)25)21-24(16)11-8-18-22(2)9-11/h3-6,8-9H,7H2,1-2H3,(H2,17,25). The third-order valence-electron chi connectivity index (χ3n) is 3.90. The molecule has 9 heteroatoms. The maximum absolute atomic E-state index is 11.3. The molecule has 25 heavy (non-hydrogen) atoms. The Bertz CT molecular complexity index is 1090. The van der Waals surface area contributed by atoms with Gasteiger partial charge in [-0.3, -0.25) is 9.48 Å². The van der Waals surface area contributed by atoms with E-state index in [0.29, 0.717) is 17.3 Å². The number of rotatable bonds is 4. The number of aromatic nitrogens is 7. The molecule has 0 aliphatic carbocycles. The molecule has 4 aromatic rings. The summed E-state index contributed by atoms with van der Waals surface area (Å²) in [5.74, 6) is 0.412. The Kier molecular flexibility index (Phi) is 3.34. The lowest BCUT2D eigenvalue weighted by Gasteiger charge is -2.01. The highest BCUT2D eigenvalue weighted by molar-refractivity contribution is 5.76. The van der Waals surface area contributed by atoms with Gasteiger partial charge in [0.2, 0.25) is 5.91 Å². The Morgan fingerprint density at radius 1 is 1.28 bits per heavy atom. The SMILES string of the molecule is Cc1c(-c2nc(CC(N)=O)nn2-c2cnn(C)c2)nc2ccccn12. The molecular weight excluding hydrogens is 320 g/mol. The molecule has 0 fully saturated rings. The summed E-state index contributed by atoms with van der Waals surface area (Å²) in [6.07, 6.45) is 5.40. The molecule has 0 aliphatic heterocycles.